The lowest BCUT2D eigenvalue weighted by Crippen LogP contribution is -1.93. The number of benzene rings is 1. The molecule has 0 atom stereocenters. The second-order valence-corrected chi connectivity index (χ2v) is 3.73. The van der Waals surface area contributed by atoms with Gasteiger partial charge >= 0.3 is 0 Å². The molecule has 0 bridgehead atoms. The van der Waals surface area contributed by atoms with Crippen LogP contribution in [0, 0.1) is 6.92 Å². The number of aromatic nitrogens is 4. The molecule has 15 heavy (non-hydrogen) atoms. The first-order valence-electron chi connectivity index (χ1n) is 4.52. The third kappa shape index (κ3) is 1.11. The molecule has 5 heteroatoms. The number of para-hydroxylation sites is 1. The molecule has 4 nitrogen and oxygen atoms in total. The summed E-state index contributed by atoms with van der Waals surface area (Å²) in [6.45, 7) is 2.00. The van der Waals surface area contributed by atoms with Crippen LogP contribution >= 0.6 is 11.6 Å². The second kappa shape index (κ2) is 2.90. The molecule has 2 heterocycles. The smallest absolute Gasteiger partial charge is 0.198 e. The van der Waals surface area contributed by atoms with E-state index in [1.54, 1.807) is 6.33 Å². The first-order valence-corrected chi connectivity index (χ1v) is 4.90. The quantitative estimate of drug-likeness (QED) is 0.581. The maximum atomic E-state index is 6.01. The van der Waals surface area contributed by atoms with Crippen LogP contribution in [0.3, 0.4) is 0 Å². The highest BCUT2D eigenvalue weighted by molar-refractivity contribution is 6.32. The van der Waals surface area contributed by atoms with E-state index in [9.17, 15) is 0 Å². The molecule has 2 aromatic heterocycles. The number of hydrogen-bond donors (Lipinski definition) is 0. The van der Waals surface area contributed by atoms with Crippen LogP contribution in [0.2, 0.25) is 5.15 Å². The van der Waals surface area contributed by atoms with Crippen LogP contribution in [-0.4, -0.2) is 19.6 Å². The molecule has 3 rings (SSSR count). The molecule has 0 unspecified atom stereocenters. The van der Waals surface area contributed by atoms with E-state index in [-0.39, 0.29) is 0 Å². The van der Waals surface area contributed by atoms with Gasteiger partial charge in [0, 0.05) is 0 Å². The molecule has 1 aromatic carbocycles. The number of nitrogens with zero attached hydrogens (tertiary/aromatic N) is 4. The third-order valence-electron chi connectivity index (χ3n) is 2.42. The summed E-state index contributed by atoms with van der Waals surface area (Å²) in [7, 11) is 0. The van der Waals surface area contributed by atoms with Crippen molar-refractivity contribution in [1.29, 1.82) is 0 Å². The van der Waals surface area contributed by atoms with E-state index in [4.69, 9.17) is 11.6 Å². The predicted octanol–water partition coefficient (Wildman–Crippen LogP) is 2.24. The number of hydrogen-bond acceptors (Lipinski definition) is 3. The van der Waals surface area contributed by atoms with E-state index in [0.29, 0.717) is 10.8 Å². The Kier molecular flexibility index (Phi) is 1.67. The number of aryl methyl sites for hydroxylation is 1. The molecular formula is C10H7ClN4. The lowest BCUT2D eigenvalue weighted by atomic mass is 10.2. The molecule has 0 saturated carbocycles. The summed E-state index contributed by atoms with van der Waals surface area (Å²) in [5.41, 5.74) is 3.54. The summed E-state index contributed by atoms with van der Waals surface area (Å²) in [6, 6.07) is 5.95. The molecule has 3 aromatic rings. The Morgan fingerprint density at radius 3 is 3.07 bits per heavy atom. The largest absolute Gasteiger partial charge is 0.277 e. The Morgan fingerprint density at radius 1 is 1.33 bits per heavy atom. The topological polar surface area (TPSA) is 43.1 Å². The van der Waals surface area contributed by atoms with Crippen molar-refractivity contribution in [3.05, 3.63) is 35.2 Å². The fourth-order valence-electron chi connectivity index (χ4n) is 1.68. The van der Waals surface area contributed by atoms with Gasteiger partial charge in [-0.1, -0.05) is 23.7 Å². The van der Waals surface area contributed by atoms with E-state index in [2.05, 4.69) is 15.2 Å². The number of fused-ring (bicyclic) bond motifs is 3. The number of rotatable bonds is 0. The Hall–Kier alpha value is -1.68. The summed E-state index contributed by atoms with van der Waals surface area (Å²) >= 11 is 6.01. The molecule has 0 N–H and O–H groups in total. The zero-order valence-corrected chi connectivity index (χ0v) is 8.73. The Balaban J connectivity index is 2.66. The van der Waals surface area contributed by atoms with Gasteiger partial charge in [0.05, 0.1) is 11.0 Å². The standard InChI is InChI=1S/C10H7ClN4/c1-6-3-2-4-7-8(6)13-9(11)10-14-12-5-15(7)10/h2-5H,1H3. The van der Waals surface area contributed by atoms with Crippen molar-refractivity contribution >= 4 is 28.3 Å². The van der Waals surface area contributed by atoms with Crippen molar-refractivity contribution < 1.29 is 0 Å². The van der Waals surface area contributed by atoms with Crippen LogP contribution < -0.4 is 0 Å². The maximum absolute atomic E-state index is 6.01. The van der Waals surface area contributed by atoms with Crippen molar-refractivity contribution in [2.75, 3.05) is 0 Å². The van der Waals surface area contributed by atoms with Crippen LogP contribution in [0.25, 0.3) is 16.7 Å². The highest BCUT2D eigenvalue weighted by Crippen LogP contribution is 2.21. The summed E-state index contributed by atoms with van der Waals surface area (Å²) in [5.74, 6) is 0. The van der Waals surface area contributed by atoms with Crippen molar-refractivity contribution in [3.8, 4) is 0 Å². The van der Waals surface area contributed by atoms with Crippen molar-refractivity contribution in [3.63, 3.8) is 0 Å². The Morgan fingerprint density at radius 2 is 2.20 bits per heavy atom. The molecule has 0 fully saturated rings. The van der Waals surface area contributed by atoms with Gasteiger partial charge in [-0.2, -0.15) is 0 Å². The molecular weight excluding hydrogens is 212 g/mol. The Bertz CT molecular complexity index is 659. The summed E-state index contributed by atoms with van der Waals surface area (Å²) in [6.07, 6.45) is 1.64. The maximum Gasteiger partial charge on any atom is 0.198 e. The van der Waals surface area contributed by atoms with E-state index in [1.807, 2.05) is 29.5 Å². The molecule has 0 spiro atoms. The minimum absolute atomic E-state index is 0.384. The fourth-order valence-corrected chi connectivity index (χ4v) is 1.90. The highest BCUT2D eigenvalue weighted by atomic mass is 35.5. The normalized spacial score (nSPS) is 11.3. The van der Waals surface area contributed by atoms with Gasteiger partial charge in [-0.15, -0.1) is 10.2 Å². The average Bonchev–Trinajstić information content (AvgIpc) is 2.69. The zero-order chi connectivity index (χ0) is 10.4. The van der Waals surface area contributed by atoms with Gasteiger partial charge in [0.1, 0.15) is 6.33 Å². The average molecular weight is 219 g/mol. The van der Waals surface area contributed by atoms with Gasteiger partial charge in [-0.3, -0.25) is 4.40 Å². The van der Waals surface area contributed by atoms with Gasteiger partial charge in [-0.25, -0.2) is 4.98 Å². The zero-order valence-electron chi connectivity index (χ0n) is 7.98. The first kappa shape index (κ1) is 8.61. The van der Waals surface area contributed by atoms with Gasteiger partial charge in [0.15, 0.2) is 10.8 Å². The van der Waals surface area contributed by atoms with Crippen LogP contribution in [0.1, 0.15) is 5.56 Å². The summed E-state index contributed by atoms with van der Waals surface area (Å²) in [5, 5.41) is 8.13. The molecule has 0 amide bonds. The lowest BCUT2D eigenvalue weighted by molar-refractivity contribution is 1.11. The van der Waals surface area contributed by atoms with E-state index in [0.717, 1.165) is 16.6 Å². The first-order chi connectivity index (χ1) is 7.27. The SMILES string of the molecule is Cc1cccc2c1nc(Cl)c1nncn12. The highest BCUT2D eigenvalue weighted by Gasteiger charge is 2.08. The minimum atomic E-state index is 0.384. The minimum Gasteiger partial charge on any atom is -0.277 e. The van der Waals surface area contributed by atoms with Gasteiger partial charge in [-0.05, 0) is 18.6 Å². The second-order valence-electron chi connectivity index (χ2n) is 3.37. The lowest BCUT2D eigenvalue weighted by Gasteiger charge is -2.03. The van der Waals surface area contributed by atoms with Gasteiger partial charge in [0.25, 0.3) is 0 Å². The van der Waals surface area contributed by atoms with Crippen LogP contribution in [-0.2, 0) is 0 Å². The number of halogens is 1. The molecule has 0 aliphatic carbocycles. The van der Waals surface area contributed by atoms with E-state index < -0.39 is 0 Å². The molecule has 0 saturated heterocycles. The summed E-state index contributed by atoms with van der Waals surface area (Å²) in [4.78, 5) is 4.32. The van der Waals surface area contributed by atoms with Gasteiger partial charge in [0.2, 0.25) is 0 Å². The summed E-state index contributed by atoms with van der Waals surface area (Å²) < 4.78 is 1.84. The molecule has 0 aliphatic rings. The van der Waals surface area contributed by atoms with E-state index in [1.165, 1.54) is 0 Å². The van der Waals surface area contributed by atoms with Crippen LogP contribution in [0.15, 0.2) is 24.5 Å². The Labute approximate surface area is 90.5 Å². The van der Waals surface area contributed by atoms with E-state index >= 15 is 0 Å². The van der Waals surface area contributed by atoms with Crippen molar-refractivity contribution in [1.82, 2.24) is 19.6 Å². The van der Waals surface area contributed by atoms with Crippen molar-refractivity contribution in [2.45, 2.75) is 6.92 Å². The van der Waals surface area contributed by atoms with Crippen molar-refractivity contribution in [2.24, 2.45) is 0 Å². The fraction of sp³-hybridized carbons (Fsp3) is 0.100. The monoisotopic (exact) mass is 218 g/mol. The van der Waals surface area contributed by atoms with Gasteiger partial charge < -0.3 is 0 Å². The molecule has 0 radical (unpaired) electrons. The van der Waals surface area contributed by atoms with Crippen LogP contribution in [0.5, 0.6) is 0 Å². The molecule has 74 valence electrons. The van der Waals surface area contributed by atoms with Crippen LogP contribution in [0.4, 0.5) is 0 Å². The molecule has 0 aliphatic heterocycles. The predicted molar refractivity (Wildman–Crippen MR) is 58.0 cm³/mol. The third-order valence-corrected chi connectivity index (χ3v) is 2.67.